The Bertz CT molecular complexity index is 403. The Labute approximate surface area is 101 Å². The summed E-state index contributed by atoms with van der Waals surface area (Å²) in [5.74, 6) is -0.954. The number of nitrogens with two attached hydrogens (primary N) is 1. The Balaban J connectivity index is 2.37. The van der Waals surface area contributed by atoms with E-state index in [9.17, 15) is 9.18 Å². The van der Waals surface area contributed by atoms with E-state index in [0.717, 1.165) is 25.5 Å². The summed E-state index contributed by atoms with van der Waals surface area (Å²) in [7, 11) is 0. The number of nitrogens with zero attached hydrogens (tertiary/aromatic N) is 2. The van der Waals surface area contributed by atoms with E-state index in [4.69, 9.17) is 5.73 Å². The highest BCUT2D eigenvalue weighted by Crippen LogP contribution is 2.06. The first-order valence-electron chi connectivity index (χ1n) is 6.17. The second kappa shape index (κ2) is 7.04. The topological polar surface area (TPSA) is 60.9 Å². The largest absolute Gasteiger partial charge is 0.381 e. The van der Waals surface area contributed by atoms with Gasteiger partial charge >= 0.3 is 5.69 Å². The molecular formula is C12H20FN3O. The molecule has 0 atom stereocenters. The van der Waals surface area contributed by atoms with E-state index in [1.165, 1.54) is 23.8 Å². The SMILES string of the molecule is CCCCCCCCn1cc(F)c(N)nc1=O. The Kier molecular flexibility index (Phi) is 5.66. The van der Waals surface area contributed by atoms with Gasteiger partial charge in [0.1, 0.15) is 0 Å². The van der Waals surface area contributed by atoms with E-state index in [-0.39, 0.29) is 5.82 Å². The Morgan fingerprint density at radius 1 is 1.29 bits per heavy atom. The summed E-state index contributed by atoms with van der Waals surface area (Å²) in [6.45, 7) is 2.68. The van der Waals surface area contributed by atoms with Gasteiger partial charge < -0.3 is 5.73 Å². The summed E-state index contributed by atoms with van der Waals surface area (Å²) < 4.78 is 14.4. The molecule has 0 bridgehead atoms. The molecular weight excluding hydrogens is 221 g/mol. The molecule has 0 saturated carbocycles. The molecule has 0 fully saturated rings. The molecule has 0 aliphatic carbocycles. The first kappa shape index (κ1) is 13.7. The second-order valence-electron chi connectivity index (χ2n) is 4.22. The fraction of sp³-hybridized carbons (Fsp3) is 0.667. The molecule has 0 spiro atoms. The maximum Gasteiger partial charge on any atom is 0.349 e. The van der Waals surface area contributed by atoms with Crippen molar-refractivity contribution in [1.82, 2.24) is 9.55 Å². The summed E-state index contributed by atoms with van der Waals surface area (Å²) in [5, 5.41) is 0. The van der Waals surface area contributed by atoms with Crippen LogP contribution < -0.4 is 11.4 Å². The lowest BCUT2D eigenvalue weighted by atomic mass is 10.1. The van der Waals surface area contributed by atoms with Crippen LogP contribution >= 0.6 is 0 Å². The number of nitrogen functional groups attached to an aromatic ring is 1. The number of hydrogen-bond donors (Lipinski definition) is 1. The van der Waals surface area contributed by atoms with Crippen molar-refractivity contribution in [2.24, 2.45) is 0 Å². The van der Waals surface area contributed by atoms with Crippen LogP contribution in [0.3, 0.4) is 0 Å². The van der Waals surface area contributed by atoms with Gasteiger partial charge in [0.05, 0.1) is 0 Å². The Hall–Kier alpha value is -1.39. The molecule has 0 aromatic carbocycles. The van der Waals surface area contributed by atoms with Crippen LogP contribution in [-0.4, -0.2) is 9.55 Å². The van der Waals surface area contributed by atoms with Crippen molar-refractivity contribution in [1.29, 1.82) is 0 Å². The minimum Gasteiger partial charge on any atom is -0.381 e. The highest BCUT2D eigenvalue weighted by Gasteiger charge is 2.04. The lowest BCUT2D eigenvalue weighted by Gasteiger charge is -2.05. The monoisotopic (exact) mass is 241 g/mol. The van der Waals surface area contributed by atoms with Crippen LogP contribution in [0.1, 0.15) is 45.4 Å². The summed E-state index contributed by atoms with van der Waals surface area (Å²) >= 11 is 0. The predicted molar refractivity (Wildman–Crippen MR) is 66.2 cm³/mol. The minimum absolute atomic E-state index is 0.325. The van der Waals surface area contributed by atoms with Gasteiger partial charge in [-0.3, -0.25) is 4.57 Å². The van der Waals surface area contributed by atoms with E-state index >= 15 is 0 Å². The second-order valence-corrected chi connectivity index (χ2v) is 4.22. The van der Waals surface area contributed by atoms with E-state index in [0.29, 0.717) is 6.54 Å². The number of aromatic nitrogens is 2. The Morgan fingerprint density at radius 3 is 2.65 bits per heavy atom. The third-order valence-electron chi connectivity index (χ3n) is 2.73. The van der Waals surface area contributed by atoms with Crippen molar-refractivity contribution >= 4 is 5.82 Å². The summed E-state index contributed by atoms with van der Waals surface area (Å²) in [4.78, 5) is 14.8. The lowest BCUT2D eigenvalue weighted by molar-refractivity contribution is 0.523. The quantitative estimate of drug-likeness (QED) is 0.745. The van der Waals surface area contributed by atoms with E-state index in [1.807, 2.05) is 0 Å². The zero-order valence-electron chi connectivity index (χ0n) is 10.3. The molecule has 0 aliphatic heterocycles. The zero-order valence-corrected chi connectivity index (χ0v) is 10.3. The van der Waals surface area contributed by atoms with Crippen molar-refractivity contribution in [3.05, 3.63) is 22.5 Å². The van der Waals surface area contributed by atoms with Crippen LogP contribution in [0, 0.1) is 5.82 Å². The van der Waals surface area contributed by atoms with Gasteiger partial charge in [-0.1, -0.05) is 39.0 Å². The molecule has 1 heterocycles. The molecule has 0 unspecified atom stereocenters. The van der Waals surface area contributed by atoms with Gasteiger partial charge in [0.2, 0.25) is 0 Å². The van der Waals surface area contributed by atoms with Gasteiger partial charge in [-0.15, -0.1) is 0 Å². The number of hydrogen-bond acceptors (Lipinski definition) is 3. The molecule has 2 N–H and O–H groups in total. The predicted octanol–water partition coefficient (Wildman–Crippen LogP) is 2.33. The first-order valence-corrected chi connectivity index (χ1v) is 6.17. The van der Waals surface area contributed by atoms with Crippen molar-refractivity contribution in [2.45, 2.75) is 52.0 Å². The van der Waals surface area contributed by atoms with Gasteiger partial charge in [0.25, 0.3) is 0 Å². The van der Waals surface area contributed by atoms with Crippen molar-refractivity contribution in [3.8, 4) is 0 Å². The molecule has 0 saturated heterocycles. The van der Waals surface area contributed by atoms with Crippen LogP contribution in [0.2, 0.25) is 0 Å². The molecule has 17 heavy (non-hydrogen) atoms. The Morgan fingerprint density at radius 2 is 1.94 bits per heavy atom. The molecule has 4 nitrogen and oxygen atoms in total. The average molecular weight is 241 g/mol. The third-order valence-corrected chi connectivity index (χ3v) is 2.73. The molecule has 0 radical (unpaired) electrons. The summed E-state index contributed by atoms with van der Waals surface area (Å²) in [5.41, 5.74) is 4.73. The zero-order chi connectivity index (χ0) is 12.7. The molecule has 1 rings (SSSR count). The van der Waals surface area contributed by atoms with Gasteiger partial charge in [-0.05, 0) is 6.42 Å². The fourth-order valence-electron chi connectivity index (χ4n) is 1.70. The van der Waals surface area contributed by atoms with Crippen LogP contribution in [0.5, 0.6) is 0 Å². The van der Waals surface area contributed by atoms with Crippen molar-refractivity contribution < 1.29 is 4.39 Å². The van der Waals surface area contributed by atoms with E-state index in [2.05, 4.69) is 11.9 Å². The van der Waals surface area contributed by atoms with Crippen LogP contribution in [0.15, 0.2) is 11.0 Å². The molecule has 1 aromatic rings. The normalized spacial score (nSPS) is 10.7. The number of unbranched alkanes of at least 4 members (excludes halogenated alkanes) is 5. The molecule has 0 aliphatic rings. The lowest BCUT2D eigenvalue weighted by Crippen LogP contribution is -2.24. The average Bonchev–Trinajstić information content (AvgIpc) is 2.30. The van der Waals surface area contributed by atoms with Gasteiger partial charge in [0, 0.05) is 12.7 Å². The van der Waals surface area contributed by atoms with Crippen LogP contribution in [0.4, 0.5) is 10.2 Å². The maximum atomic E-state index is 13.1. The molecule has 5 heteroatoms. The van der Waals surface area contributed by atoms with Crippen LogP contribution in [0.25, 0.3) is 0 Å². The fourth-order valence-corrected chi connectivity index (χ4v) is 1.70. The molecule has 96 valence electrons. The van der Waals surface area contributed by atoms with Crippen molar-refractivity contribution in [3.63, 3.8) is 0 Å². The van der Waals surface area contributed by atoms with Crippen LogP contribution in [-0.2, 0) is 6.54 Å². The maximum absolute atomic E-state index is 13.1. The van der Waals surface area contributed by atoms with E-state index in [1.54, 1.807) is 0 Å². The highest BCUT2D eigenvalue weighted by atomic mass is 19.1. The third kappa shape index (κ3) is 4.54. The molecule has 0 amide bonds. The standard InChI is InChI=1S/C12H20FN3O/c1-2-3-4-5-6-7-8-16-9-10(13)11(14)15-12(16)17/h9H,2-8H2,1H3,(H2,14,15,17). The summed E-state index contributed by atoms with van der Waals surface area (Å²) in [6.07, 6.45) is 7.90. The smallest absolute Gasteiger partial charge is 0.349 e. The van der Waals surface area contributed by atoms with E-state index < -0.39 is 11.5 Å². The summed E-state index contributed by atoms with van der Waals surface area (Å²) in [6, 6.07) is 0. The van der Waals surface area contributed by atoms with Gasteiger partial charge in [-0.2, -0.15) is 4.98 Å². The van der Waals surface area contributed by atoms with Crippen molar-refractivity contribution in [2.75, 3.05) is 5.73 Å². The number of rotatable bonds is 7. The number of aryl methyl sites for hydroxylation is 1. The molecule has 1 aromatic heterocycles. The van der Waals surface area contributed by atoms with Gasteiger partial charge in [0.15, 0.2) is 11.6 Å². The number of anilines is 1. The minimum atomic E-state index is -0.629. The first-order chi connectivity index (χ1) is 8.15. The van der Waals surface area contributed by atoms with Gasteiger partial charge in [-0.25, -0.2) is 9.18 Å². The highest BCUT2D eigenvalue weighted by molar-refractivity contribution is 5.26. The number of halogens is 1.